The summed E-state index contributed by atoms with van der Waals surface area (Å²) in [6, 6.07) is 3.65. The minimum absolute atomic E-state index is 0.0607. The summed E-state index contributed by atoms with van der Waals surface area (Å²) in [6.07, 6.45) is 4.11. The van der Waals surface area contributed by atoms with Gasteiger partial charge in [0.25, 0.3) is 0 Å². The number of fused-ring (bicyclic) bond motifs is 1. The summed E-state index contributed by atoms with van der Waals surface area (Å²) in [7, 11) is 3.16. The lowest BCUT2D eigenvalue weighted by molar-refractivity contribution is 0.0197. The highest BCUT2D eigenvalue weighted by atomic mass is 16.6. The zero-order valence-electron chi connectivity index (χ0n) is 19.3. The summed E-state index contributed by atoms with van der Waals surface area (Å²) in [5.74, 6) is 1.56. The molecule has 6 nitrogen and oxygen atoms in total. The molecule has 1 aliphatic carbocycles. The Kier molecular flexibility index (Phi) is 7.93. The van der Waals surface area contributed by atoms with Crippen molar-refractivity contribution in [2.75, 3.05) is 27.3 Å². The Morgan fingerprint density at radius 1 is 1.07 bits per heavy atom. The number of carbonyl (C=O) groups excluding carboxylic acids is 2. The third-order valence-corrected chi connectivity index (χ3v) is 5.15. The van der Waals surface area contributed by atoms with Gasteiger partial charge in [-0.2, -0.15) is 0 Å². The van der Waals surface area contributed by atoms with Gasteiger partial charge in [0, 0.05) is 30.6 Å². The number of likely N-dealkylation sites (tertiary alicyclic amines) is 1. The van der Waals surface area contributed by atoms with Crippen LogP contribution in [0.15, 0.2) is 23.8 Å². The van der Waals surface area contributed by atoms with Crippen LogP contribution in [0.4, 0.5) is 4.79 Å². The SMILES string of the molecule is CC.COc1cc2c(cc1OC)C(=O)/C(=C\C1CCN(C(=O)OC(C)(C)C)CC1)C2. The fraction of sp³-hybridized carbons (Fsp3) is 0.583. The molecular weight excluding hydrogens is 382 g/mol. The predicted molar refractivity (Wildman–Crippen MR) is 118 cm³/mol. The second-order valence-corrected chi connectivity index (χ2v) is 8.37. The first kappa shape index (κ1) is 23.8. The Labute approximate surface area is 180 Å². The maximum Gasteiger partial charge on any atom is 0.410 e. The highest BCUT2D eigenvalue weighted by Gasteiger charge is 2.30. The molecule has 0 atom stereocenters. The van der Waals surface area contributed by atoms with Gasteiger partial charge in [-0.3, -0.25) is 4.79 Å². The molecule has 1 saturated heterocycles. The van der Waals surface area contributed by atoms with Gasteiger partial charge >= 0.3 is 6.09 Å². The number of methoxy groups -OCH3 is 2. The standard InChI is InChI=1S/C22H29NO5.C2H6/c1-22(2,3)28-21(25)23-8-6-14(7-9-23)10-16-11-15-12-18(26-4)19(27-5)13-17(15)20(16)24;1-2/h10,12-14H,6-9,11H2,1-5H3;1-2H3/b16-10-;. The molecule has 1 heterocycles. The lowest BCUT2D eigenvalue weighted by Crippen LogP contribution is -2.41. The van der Waals surface area contributed by atoms with E-state index in [0.29, 0.717) is 36.6 Å². The van der Waals surface area contributed by atoms with Crippen molar-refractivity contribution in [1.29, 1.82) is 0 Å². The van der Waals surface area contributed by atoms with Gasteiger partial charge in [-0.15, -0.1) is 0 Å². The first-order valence-electron chi connectivity index (χ1n) is 10.7. The topological polar surface area (TPSA) is 65.1 Å². The minimum atomic E-state index is -0.486. The summed E-state index contributed by atoms with van der Waals surface area (Å²) in [5.41, 5.74) is 2.00. The molecule has 1 fully saturated rings. The van der Waals surface area contributed by atoms with Crippen LogP contribution in [0.5, 0.6) is 11.5 Å². The Morgan fingerprint density at radius 3 is 2.17 bits per heavy atom. The highest BCUT2D eigenvalue weighted by Crippen LogP contribution is 2.37. The summed E-state index contributed by atoms with van der Waals surface area (Å²) in [5, 5.41) is 0. The summed E-state index contributed by atoms with van der Waals surface area (Å²) in [6.45, 7) is 10.9. The molecule has 30 heavy (non-hydrogen) atoms. The number of ketones is 1. The number of nitrogens with zero attached hydrogens (tertiary/aromatic N) is 1. The third-order valence-electron chi connectivity index (χ3n) is 5.15. The van der Waals surface area contributed by atoms with Crippen LogP contribution < -0.4 is 9.47 Å². The van der Waals surface area contributed by atoms with Gasteiger partial charge in [0.05, 0.1) is 14.2 Å². The summed E-state index contributed by atoms with van der Waals surface area (Å²) < 4.78 is 16.1. The van der Waals surface area contributed by atoms with Crippen LogP contribution in [0.1, 0.15) is 63.4 Å². The van der Waals surface area contributed by atoms with Crippen LogP contribution in [0, 0.1) is 5.92 Å². The van der Waals surface area contributed by atoms with E-state index in [2.05, 4.69) is 6.08 Å². The first-order valence-corrected chi connectivity index (χ1v) is 10.7. The number of benzene rings is 1. The lowest BCUT2D eigenvalue weighted by Gasteiger charge is -2.32. The van der Waals surface area contributed by atoms with E-state index in [1.807, 2.05) is 40.7 Å². The monoisotopic (exact) mass is 417 g/mol. The summed E-state index contributed by atoms with van der Waals surface area (Å²) in [4.78, 5) is 26.8. The van der Waals surface area contributed by atoms with E-state index in [9.17, 15) is 9.59 Å². The number of carbonyl (C=O) groups is 2. The Bertz CT molecular complexity index is 799. The van der Waals surface area contributed by atoms with E-state index in [1.165, 1.54) is 0 Å². The van der Waals surface area contributed by atoms with Gasteiger partial charge in [-0.25, -0.2) is 4.79 Å². The van der Waals surface area contributed by atoms with E-state index >= 15 is 0 Å². The number of hydrogen-bond acceptors (Lipinski definition) is 5. The molecule has 1 aliphatic heterocycles. The molecule has 0 N–H and O–H groups in total. The van der Waals surface area contributed by atoms with Gasteiger partial charge in [0.1, 0.15) is 5.60 Å². The van der Waals surface area contributed by atoms with Gasteiger partial charge in [-0.1, -0.05) is 19.9 Å². The number of piperidine rings is 1. The molecule has 0 radical (unpaired) electrons. The number of amides is 1. The molecule has 1 aromatic carbocycles. The smallest absolute Gasteiger partial charge is 0.410 e. The molecule has 0 bridgehead atoms. The van der Waals surface area contributed by atoms with Crippen molar-refractivity contribution < 1.29 is 23.8 Å². The second kappa shape index (κ2) is 10.0. The van der Waals surface area contributed by atoms with Gasteiger partial charge in [-0.05, 0) is 57.2 Å². The molecule has 0 unspecified atom stereocenters. The maximum atomic E-state index is 12.8. The number of hydrogen-bond donors (Lipinski definition) is 0. The van der Waals surface area contributed by atoms with Crippen LogP contribution >= 0.6 is 0 Å². The molecule has 166 valence electrons. The van der Waals surface area contributed by atoms with E-state index in [4.69, 9.17) is 14.2 Å². The van der Waals surface area contributed by atoms with Crippen molar-refractivity contribution in [2.24, 2.45) is 5.92 Å². The molecule has 1 aromatic rings. The Morgan fingerprint density at radius 2 is 1.63 bits per heavy atom. The van der Waals surface area contributed by atoms with Crippen LogP contribution in [-0.4, -0.2) is 49.7 Å². The Hall–Kier alpha value is -2.50. The van der Waals surface area contributed by atoms with Crippen molar-refractivity contribution in [3.63, 3.8) is 0 Å². The number of rotatable bonds is 3. The highest BCUT2D eigenvalue weighted by molar-refractivity contribution is 6.13. The third kappa shape index (κ3) is 5.55. The van der Waals surface area contributed by atoms with Crippen LogP contribution in [0.2, 0.25) is 0 Å². The van der Waals surface area contributed by atoms with Crippen LogP contribution in [0.25, 0.3) is 0 Å². The van der Waals surface area contributed by atoms with Crippen molar-refractivity contribution in [1.82, 2.24) is 4.90 Å². The number of Topliss-reactive ketones (excluding diaryl/α,β-unsaturated/α-hetero) is 1. The molecule has 0 saturated carbocycles. The molecule has 0 aromatic heterocycles. The average molecular weight is 418 g/mol. The zero-order chi connectivity index (χ0) is 22.5. The van der Waals surface area contributed by atoms with Crippen molar-refractivity contribution >= 4 is 11.9 Å². The molecule has 1 amide bonds. The Balaban J connectivity index is 0.00000155. The number of allylic oxidation sites excluding steroid dienone is 2. The van der Waals surface area contributed by atoms with E-state index < -0.39 is 5.60 Å². The quantitative estimate of drug-likeness (QED) is 0.645. The van der Waals surface area contributed by atoms with Gasteiger partial charge < -0.3 is 19.1 Å². The molecule has 3 rings (SSSR count). The average Bonchev–Trinajstić information content (AvgIpc) is 3.02. The normalized spacial score (nSPS) is 17.9. The first-order chi connectivity index (χ1) is 14.2. The minimum Gasteiger partial charge on any atom is -0.493 e. The maximum absolute atomic E-state index is 12.8. The van der Waals surface area contributed by atoms with Crippen molar-refractivity contribution in [2.45, 2.75) is 59.5 Å². The number of ether oxygens (including phenoxy) is 3. The predicted octanol–water partition coefficient (Wildman–Crippen LogP) is 5.04. The van der Waals surface area contributed by atoms with Crippen LogP contribution in [0.3, 0.4) is 0 Å². The molecule has 2 aliphatic rings. The molecule has 0 spiro atoms. The van der Waals surface area contributed by atoms with E-state index in [-0.39, 0.29) is 17.8 Å². The fourth-order valence-corrected chi connectivity index (χ4v) is 3.73. The van der Waals surface area contributed by atoms with E-state index in [1.54, 1.807) is 25.2 Å². The molecular formula is C24H35NO5. The largest absolute Gasteiger partial charge is 0.493 e. The molecule has 6 heteroatoms. The van der Waals surface area contributed by atoms with Crippen LogP contribution in [-0.2, 0) is 11.2 Å². The fourth-order valence-electron chi connectivity index (χ4n) is 3.73. The van der Waals surface area contributed by atoms with E-state index in [0.717, 1.165) is 24.0 Å². The van der Waals surface area contributed by atoms with Gasteiger partial charge in [0.15, 0.2) is 17.3 Å². The van der Waals surface area contributed by atoms with Crippen molar-refractivity contribution in [3.8, 4) is 11.5 Å². The van der Waals surface area contributed by atoms with Crippen molar-refractivity contribution in [3.05, 3.63) is 34.9 Å². The summed E-state index contributed by atoms with van der Waals surface area (Å²) >= 11 is 0. The lowest BCUT2D eigenvalue weighted by atomic mass is 9.93. The second-order valence-electron chi connectivity index (χ2n) is 8.37. The zero-order valence-corrected chi connectivity index (χ0v) is 19.3. The van der Waals surface area contributed by atoms with Gasteiger partial charge in [0.2, 0.25) is 0 Å².